The van der Waals surface area contributed by atoms with Gasteiger partial charge in [0.25, 0.3) is 0 Å². The SMILES string of the molecule is CNC(=O)N1C[C@@H](c2ncc(-c3ccc(C#Cc4ccc(-c5cnc([C@@H]6CCCN6C(=O)C(NC(=O)OC)C(C)C)[nH]5)cc4)cc3)[nH]2)N(C(=O)[C@@H](NC(=O)OC)C(C)C)C1. The van der Waals surface area contributed by atoms with Crippen molar-refractivity contribution >= 4 is 30.0 Å². The lowest BCUT2D eigenvalue weighted by Crippen LogP contribution is -2.51. The van der Waals surface area contributed by atoms with Crippen LogP contribution in [-0.2, 0) is 19.1 Å². The highest BCUT2D eigenvalue weighted by molar-refractivity contribution is 5.88. The molecule has 2 fully saturated rings. The molecular weight excluding hydrogens is 769 g/mol. The molecule has 0 bridgehead atoms. The lowest BCUT2D eigenvalue weighted by atomic mass is 10.0. The van der Waals surface area contributed by atoms with Crippen LogP contribution in [0.1, 0.15) is 75.4 Å². The third-order valence-corrected chi connectivity index (χ3v) is 10.8. The second-order valence-electron chi connectivity index (χ2n) is 15.4. The minimum Gasteiger partial charge on any atom is -0.453 e. The molecule has 4 atom stereocenters. The Kier molecular flexibility index (Phi) is 13.4. The quantitative estimate of drug-likeness (QED) is 0.140. The lowest BCUT2D eigenvalue weighted by molar-refractivity contribution is -0.136. The van der Waals surface area contributed by atoms with E-state index in [0.717, 1.165) is 46.5 Å². The smallest absolute Gasteiger partial charge is 0.407 e. The van der Waals surface area contributed by atoms with Gasteiger partial charge in [-0.25, -0.2) is 24.4 Å². The van der Waals surface area contributed by atoms with Crippen LogP contribution in [0.15, 0.2) is 60.9 Å². The predicted molar refractivity (Wildman–Crippen MR) is 222 cm³/mol. The van der Waals surface area contributed by atoms with Gasteiger partial charge in [0.1, 0.15) is 29.8 Å². The Morgan fingerprint density at radius 3 is 1.63 bits per heavy atom. The molecule has 2 aromatic carbocycles. The highest BCUT2D eigenvalue weighted by Gasteiger charge is 2.42. The maximum absolute atomic E-state index is 13.8. The second-order valence-corrected chi connectivity index (χ2v) is 15.4. The van der Waals surface area contributed by atoms with Crippen LogP contribution in [0.2, 0.25) is 0 Å². The minimum absolute atomic E-state index is 0.0209. The number of urea groups is 1. The number of methoxy groups -OCH3 is 2. The van der Waals surface area contributed by atoms with Gasteiger partial charge in [-0.15, -0.1) is 0 Å². The number of benzene rings is 2. The van der Waals surface area contributed by atoms with Gasteiger partial charge in [0.2, 0.25) is 11.8 Å². The van der Waals surface area contributed by atoms with Crippen molar-refractivity contribution < 1.29 is 33.4 Å². The fourth-order valence-corrected chi connectivity index (χ4v) is 7.40. The number of amides is 6. The van der Waals surface area contributed by atoms with E-state index < -0.39 is 30.3 Å². The van der Waals surface area contributed by atoms with E-state index in [0.29, 0.717) is 18.2 Å². The molecule has 4 aromatic rings. The zero-order valence-electron chi connectivity index (χ0n) is 34.9. The Hall–Kier alpha value is -6.83. The summed E-state index contributed by atoms with van der Waals surface area (Å²) in [7, 11) is 4.04. The molecule has 17 nitrogen and oxygen atoms in total. The monoisotopic (exact) mass is 820 g/mol. The molecule has 5 N–H and O–H groups in total. The minimum atomic E-state index is -0.869. The number of aromatic amines is 2. The van der Waals surface area contributed by atoms with Crippen molar-refractivity contribution in [2.24, 2.45) is 11.8 Å². The van der Waals surface area contributed by atoms with E-state index in [4.69, 9.17) is 9.47 Å². The summed E-state index contributed by atoms with van der Waals surface area (Å²) in [6.45, 7) is 8.22. The largest absolute Gasteiger partial charge is 0.453 e. The summed E-state index contributed by atoms with van der Waals surface area (Å²) >= 11 is 0. The van der Waals surface area contributed by atoms with Crippen LogP contribution in [0.3, 0.4) is 0 Å². The molecule has 2 aliphatic heterocycles. The van der Waals surface area contributed by atoms with Gasteiger partial charge in [0.15, 0.2) is 0 Å². The Morgan fingerprint density at radius 1 is 0.717 bits per heavy atom. The van der Waals surface area contributed by atoms with E-state index in [1.165, 1.54) is 26.2 Å². The zero-order chi connectivity index (χ0) is 43.1. The van der Waals surface area contributed by atoms with Crippen LogP contribution in [0, 0.1) is 23.7 Å². The lowest BCUT2D eigenvalue weighted by Gasteiger charge is -2.30. The average molecular weight is 821 g/mol. The van der Waals surface area contributed by atoms with Gasteiger partial charge in [-0.05, 0) is 60.1 Å². The fourth-order valence-electron chi connectivity index (χ4n) is 7.40. The highest BCUT2D eigenvalue weighted by Crippen LogP contribution is 2.33. The molecule has 0 radical (unpaired) electrons. The molecule has 6 rings (SSSR count). The average Bonchev–Trinajstić information content (AvgIpc) is 4.10. The number of carbonyl (C=O) groups is 5. The van der Waals surface area contributed by atoms with Crippen molar-refractivity contribution in [1.82, 2.24) is 50.6 Å². The number of likely N-dealkylation sites (tertiary alicyclic amines) is 1. The van der Waals surface area contributed by atoms with E-state index >= 15 is 0 Å². The molecule has 2 saturated heterocycles. The van der Waals surface area contributed by atoms with Crippen molar-refractivity contribution in [3.8, 4) is 34.4 Å². The number of aromatic nitrogens is 4. The number of hydrogen-bond acceptors (Lipinski definition) is 9. The highest BCUT2D eigenvalue weighted by atomic mass is 16.5. The van der Waals surface area contributed by atoms with Gasteiger partial charge in [-0.2, -0.15) is 0 Å². The second kappa shape index (κ2) is 18.8. The Morgan fingerprint density at radius 2 is 1.18 bits per heavy atom. The summed E-state index contributed by atoms with van der Waals surface area (Å²) in [5, 5.41) is 7.92. The van der Waals surface area contributed by atoms with Crippen LogP contribution in [0.5, 0.6) is 0 Å². The molecule has 2 aliphatic rings. The topological polar surface area (TPSA) is 207 Å². The molecule has 6 amide bonds. The van der Waals surface area contributed by atoms with E-state index in [2.05, 4.69) is 47.7 Å². The number of rotatable bonds is 10. The summed E-state index contributed by atoms with van der Waals surface area (Å²) in [4.78, 5) is 84.7. The molecule has 2 aromatic heterocycles. The van der Waals surface area contributed by atoms with Gasteiger partial charge in [0.05, 0.1) is 57.3 Å². The molecule has 60 heavy (non-hydrogen) atoms. The fraction of sp³-hybridized carbons (Fsp3) is 0.419. The third-order valence-electron chi connectivity index (χ3n) is 10.8. The predicted octanol–water partition coefficient (Wildman–Crippen LogP) is 4.77. The van der Waals surface area contributed by atoms with Crippen molar-refractivity contribution in [2.45, 2.75) is 64.7 Å². The molecule has 0 saturated carbocycles. The standard InChI is InChI=1S/C43H52N10O7/c1-25(2)35(49-42(57)59-6)39(54)52-20-8-9-33(52)37-45-21-31(47-37)29-16-12-27(13-17-29)10-11-28-14-18-30(19-15-28)32-22-46-38(48-32)34-23-51(41(56)44-5)24-53(34)40(55)36(26(3)4)50-43(58)60-7/h12-19,21-22,25-26,33-36H,8-9,20,23-24H2,1-7H3,(H,44,56)(H,45,47)(H,46,48)(H,49,57)(H,50,58)/t33-,34-,35?,36-/m0/s1. The molecule has 316 valence electrons. The van der Waals surface area contributed by atoms with Crippen LogP contribution in [-0.4, -0.2) is 118 Å². The van der Waals surface area contributed by atoms with Gasteiger partial charge in [-0.1, -0.05) is 63.8 Å². The van der Waals surface area contributed by atoms with Crippen LogP contribution < -0.4 is 16.0 Å². The molecule has 1 unspecified atom stereocenters. The van der Waals surface area contributed by atoms with Crippen molar-refractivity contribution in [2.75, 3.05) is 41.0 Å². The number of imidazole rings is 2. The molecule has 17 heteroatoms. The Balaban J connectivity index is 1.11. The Labute approximate surface area is 349 Å². The van der Waals surface area contributed by atoms with Crippen LogP contribution >= 0.6 is 0 Å². The number of ether oxygens (including phenoxy) is 2. The number of carbonyl (C=O) groups excluding carboxylic acids is 5. The summed E-state index contributed by atoms with van der Waals surface area (Å²) in [6.07, 6.45) is 3.70. The first-order valence-corrected chi connectivity index (χ1v) is 19.9. The first kappa shape index (κ1) is 42.8. The Bertz CT molecular complexity index is 2240. The van der Waals surface area contributed by atoms with E-state index in [-0.39, 0.29) is 48.9 Å². The summed E-state index contributed by atoms with van der Waals surface area (Å²) in [6, 6.07) is 12.8. The van der Waals surface area contributed by atoms with Crippen molar-refractivity contribution in [1.29, 1.82) is 0 Å². The number of nitrogens with zero attached hydrogens (tertiary/aromatic N) is 5. The number of hydrogen-bond donors (Lipinski definition) is 5. The maximum atomic E-state index is 13.8. The normalized spacial score (nSPS) is 17.2. The van der Waals surface area contributed by atoms with E-state index in [1.54, 1.807) is 22.2 Å². The third kappa shape index (κ3) is 9.54. The first-order valence-electron chi connectivity index (χ1n) is 19.9. The molecule has 4 heterocycles. The first-order chi connectivity index (χ1) is 28.8. The van der Waals surface area contributed by atoms with Gasteiger partial charge < -0.3 is 50.1 Å². The van der Waals surface area contributed by atoms with Crippen LogP contribution in [0.4, 0.5) is 14.4 Å². The van der Waals surface area contributed by atoms with Crippen molar-refractivity contribution in [3.05, 3.63) is 83.7 Å². The molecular formula is C43H52N10O7. The van der Waals surface area contributed by atoms with Gasteiger partial charge in [0, 0.05) is 24.7 Å². The summed E-state index contributed by atoms with van der Waals surface area (Å²) in [5.41, 5.74) is 4.97. The van der Waals surface area contributed by atoms with Gasteiger partial charge >= 0.3 is 18.2 Å². The molecule has 0 spiro atoms. The van der Waals surface area contributed by atoms with E-state index in [1.807, 2.05) is 76.2 Å². The van der Waals surface area contributed by atoms with Crippen LogP contribution in [0.25, 0.3) is 22.5 Å². The van der Waals surface area contributed by atoms with Gasteiger partial charge in [-0.3, -0.25) is 9.59 Å². The number of alkyl carbamates (subject to hydrolysis) is 2. The van der Waals surface area contributed by atoms with E-state index in [9.17, 15) is 24.0 Å². The summed E-state index contributed by atoms with van der Waals surface area (Å²) in [5.74, 6) is 6.77. The number of H-pyrrole nitrogens is 2. The maximum Gasteiger partial charge on any atom is 0.407 e. The summed E-state index contributed by atoms with van der Waals surface area (Å²) < 4.78 is 9.49. The van der Waals surface area contributed by atoms with Crippen molar-refractivity contribution in [3.63, 3.8) is 0 Å². The zero-order valence-corrected chi connectivity index (χ0v) is 34.9. The molecule has 0 aliphatic carbocycles. The number of nitrogens with one attached hydrogen (secondary N) is 5.